The molecule has 1 aliphatic carbocycles. The van der Waals surface area contributed by atoms with Crippen molar-refractivity contribution in [1.29, 1.82) is 0 Å². The Labute approximate surface area is 129 Å². The highest BCUT2D eigenvalue weighted by molar-refractivity contribution is 5.52. The highest BCUT2D eigenvalue weighted by Gasteiger charge is 2.26. The fourth-order valence-electron chi connectivity index (χ4n) is 3.91. The van der Waals surface area contributed by atoms with E-state index in [2.05, 4.69) is 48.3 Å². The molecule has 2 fully saturated rings. The number of para-hydroxylation sites is 1. The van der Waals surface area contributed by atoms with Crippen molar-refractivity contribution in [3.63, 3.8) is 0 Å². The summed E-state index contributed by atoms with van der Waals surface area (Å²) in [6.45, 7) is 8.46. The molecule has 3 rings (SSSR count). The highest BCUT2D eigenvalue weighted by atomic mass is 15.1. The quantitative estimate of drug-likeness (QED) is 0.875. The Morgan fingerprint density at radius 3 is 2.67 bits per heavy atom. The highest BCUT2D eigenvalue weighted by Crippen LogP contribution is 2.31. The van der Waals surface area contributed by atoms with Gasteiger partial charge in [-0.1, -0.05) is 38.5 Å². The van der Waals surface area contributed by atoms with Crippen molar-refractivity contribution in [2.45, 2.75) is 58.5 Å². The lowest BCUT2D eigenvalue weighted by atomic mass is 9.80. The van der Waals surface area contributed by atoms with Crippen molar-refractivity contribution in [1.82, 2.24) is 4.90 Å². The first kappa shape index (κ1) is 14.9. The van der Waals surface area contributed by atoms with Crippen molar-refractivity contribution < 1.29 is 0 Å². The number of hydrogen-bond donors (Lipinski definition) is 1. The van der Waals surface area contributed by atoms with Gasteiger partial charge >= 0.3 is 0 Å². The smallest absolute Gasteiger partial charge is 0.0388 e. The minimum Gasteiger partial charge on any atom is -0.382 e. The zero-order chi connectivity index (χ0) is 14.7. The Hall–Kier alpha value is -1.02. The van der Waals surface area contributed by atoms with Crippen LogP contribution >= 0.6 is 0 Å². The molecule has 21 heavy (non-hydrogen) atoms. The maximum Gasteiger partial charge on any atom is 0.0388 e. The van der Waals surface area contributed by atoms with Crippen LogP contribution in [0.3, 0.4) is 0 Å². The number of hydrogen-bond acceptors (Lipinski definition) is 2. The van der Waals surface area contributed by atoms with Gasteiger partial charge in [-0.05, 0) is 62.2 Å². The lowest BCUT2D eigenvalue weighted by molar-refractivity contribution is 0.280. The summed E-state index contributed by atoms with van der Waals surface area (Å²) >= 11 is 0. The van der Waals surface area contributed by atoms with E-state index in [9.17, 15) is 0 Å². The van der Waals surface area contributed by atoms with E-state index in [1.165, 1.54) is 56.4 Å². The standard InChI is InChI=1S/C19H30N2/c1-15-9-10-16(2)19(13-15)20-18-8-4-3-7-17(18)14-21-11-5-6-12-21/h3-4,7-8,15-16,19-20H,5-6,9-14H2,1-2H3. The van der Waals surface area contributed by atoms with Gasteiger partial charge in [0.15, 0.2) is 0 Å². The van der Waals surface area contributed by atoms with Gasteiger partial charge in [0.1, 0.15) is 0 Å². The molecule has 1 aliphatic heterocycles. The molecule has 1 aromatic rings. The van der Waals surface area contributed by atoms with E-state index in [0.29, 0.717) is 6.04 Å². The van der Waals surface area contributed by atoms with Crippen LogP contribution in [-0.4, -0.2) is 24.0 Å². The number of benzene rings is 1. The molecule has 0 bridgehead atoms. The summed E-state index contributed by atoms with van der Waals surface area (Å²) in [6, 6.07) is 9.58. The van der Waals surface area contributed by atoms with Crippen LogP contribution in [0.2, 0.25) is 0 Å². The van der Waals surface area contributed by atoms with E-state index in [1.54, 1.807) is 0 Å². The van der Waals surface area contributed by atoms with E-state index >= 15 is 0 Å². The monoisotopic (exact) mass is 286 g/mol. The minimum absolute atomic E-state index is 0.647. The number of rotatable bonds is 4. The molecule has 1 aromatic carbocycles. The molecule has 1 saturated heterocycles. The van der Waals surface area contributed by atoms with Crippen LogP contribution < -0.4 is 5.32 Å². The first-order valence-corrected chi connectivity index (χ1v) is 8.79. The molecule has 3 atom stereocenters. The molecule has 1 N–H and O–H groups in total. The summed E-state index contributed by atoms with van der Waals surface area (Å²) in [4.78, 5) is 2.59. The average Bonchev–Trinajstić information content (AvgIpc) is 2.98. The van der Waals surface area contributed by atoms with Crippen LogP contribution in [0.15, 0.2) is 24.3 Å². The van der Waals surface area contributed by atoms with Gasteiger partial charge in [-0.3, -0.25) is 4.90 Å². The Morgan fingerprint density at radius 1 is 1.10 bits per heavy atom. The van der Waals surface area contributed by atoms with Gasteiger partial charge in [0.25, 0.3) is 0 Å². The number of anilines is 1. The third-order valence-corrected chi connectivity index (χ3v) is 5.41. The van der Waals surface area contributed by atoms with Crippen molar-refractivity contribution in [3.8, 4) is 0 Å². The fraction of sp³-hybridized carbons (Fsp3) is 0.684. The molecule has 2 nitrogen and oxygen atoms in total. The van der Waals surface area contributed by atoms with Gasteiger partial charge in [-0.15, -0.1) is 0 Å². The van der Waals surface area contributed by atoms with Crippen LogP contribution in [0.1, 0.15) is 51.5 Å². The molecule has 116 valence electrons. The number of nitrogens with zero attached hydrogens (tertiary/aromatic N) is 1. The Balaban J connectivity index is 1.69. The van der Waals surface area contributed by atoms with Gasteiger partial charge in [0, 0.05) is 18.3 Å². The lowest BCUT2D eigenvalue weighted by Crippen LogP contribution is -2.34. The zero-order valence-corrected chi connectivity index (χ0v) is 13.6. The zero-order valence-electron chi connectivity index (χ0n) is 13.6. The first-order valence-electron chi connectivity index (χ1n) is 8.79. The van der Waals surface area contributed by atoms with E-state index in [4.69, 9.17) is 0 Å². The molecule has 1 heterocycles. The number of nitrogens with one attached hydrogen (secondary N) is 1. The van der Waals surface area contributed by atoms with Gasteiger partial charge in [0.2, 0.25) is 0 Å². The van der Waals surface area contributed by atoms with Crippen LogP contribution in [0.5, 0.6) is 0 Å². The topological polar surface area (TPSA) is 15.3 Å². The second kappa shape index (κ2) is 6.83. The second-order valence-corrected chi connectivity index (χ2v) is 7.29. The fourth-order valence-corrected chi connectivity index (χ4v) is 3.91. The van der Waals surface area contributed by atoms with Crippen LogP contribution in [-0.2, 0) is 6.54 Å². The Morgan fingerprint density at radius 2 is 1.86 bits per heavy atom. The summed E-state index contributed by atoms with van der Waals surface area (Å²) < 4.78 is 0. The predicted molar refractivity (Wildman–Crippen MR) is 90.5 cm³/mol. The van der Waals surface area contributed by atoms with Crippen LogP contribution in [0, 0.1) is 11.8 Å². The molecule has 0 aromatic heterocycles. The average molecular weight is 286 g/mol. The molecule has 2 aliphatic rings. The third kappa shape index (κ3) is 3.79. The van der Waals surface area contributed by atoms with Gasteiger partial charge < -0.3 is 5.32 Å². The molecule has 0 amide bonds. The summed E-state index contributed by atoms with van der Waals surface area (Å²) in [6.07, 6.45) is 6.82. The van der Waals surface area contributed by atoms with Crippen molar-refractivity contribution in [2.24, 2.45) is 11.8 Å². The van der Waals surface area contributed by atoms with Gasteiger partial charge in [-0.25, -0.2) is 0 Å². The summed E-state index contributed by atoms with van der Waals surface area (Å²) in [7, 11) is 0. The maximum absolute atomic E-state index is 3.88. The largest absolute Gasteiger partial charge is 0.382 e. The predicted octanol–water partition coefficient (Wildman–Crippen LogP) is 4.52. The van der Waals surface area contributed by atoms with Gasteiger partial charge in [0.05, 0.1) is 0 Å². The molecule has 1 saturated carbocycles. The molecular formula is C19H30N2. The minimum atomic E-state index is 0.647. The van der Waals surface area contributed by atoms with Crippen LogP contribution in [0.4, 0.5) is 5.69 Å². The molecule has 0 radical (unpaired) electrons. The SMILES string of the molecule is CC1CCC(C)C(Nc2ccccc2CN2CCCC2)C1. The van der Waals surface area contributed by atoms with Gasteiger partial charge in [-0.2, -0.15) is 0 Å². The summed E-state index contributed by atoms with van der Waals surface area (Å²) in [5.74, 6) is 1.66. The first-order chi connectivity index (χ1) is 10.2. The van der Waals surface area contributed by atoms with E-state index in [1.807, 2.05) is 0 Å². The summed E-state index contributed by atoms with van der Waals surface area (Å²) in [5, 5.41) is 3.88. The van der Waals surface area contributed by atoms with Crippen molar-refractivity contribution >= 4 is 5.69 Å². The number of likely N-dealkylation sites (tertiary alicyclic amines) is 1. The third-order valence-electron chi connectivity index (χ3n) is 5.41. The summed E-state index contributed by atoms with van der Waals surface area (Å²) in [5.41, 5.74) is 2.85. The van der Waals surface area contributed by atoms with E-state index in [-0.39, 0.29) is 0 Å². The normalized spacial score (nSPS) is 30.5. The second-order valence-electron chi connectivity index (χ2n) is 7.29. The van der Waals surface area contributed by atoms with E-state index < -0.39 is 0 Å². The lowest BCUT2D eigenvalue weighted by Gasteiger charge is -2.34. The molecular weight excluding hydrogens is 256 g/mol. The van der Waals surface area contributed by atoms with Crippen molar-refractivity contribution in [3.05, 3.63) is 29.8 Å². The van der Waals surface area contributed by atoms with Crippen LogP contribution in [0.25, 0.3) is 0 Å². The molecule has 0 spiro atoms. The molecule has 2 heteroatoms. The van der Waals surface area contributed by atoms with E-state index in [0.717, 1.165) is 18.4 Å². The Bertz CT molecular complexity index is 451. The van der Waals surface area contributed by atoms with Crippen molar-refractivity contribution in [2.75, 3.05) is 18.4 Å². The molecule has 3 unspecified atom stereocenters. The maximum atomic E-state index is 3.88. The Kier molecular flexibility index (Phi) is 4.84.